The molecule has 0 fully saturated rings. The van der Waals surface area contributed by atoms with Crippen LogP contribution in [0.3, 0.4) is 0 Å². The Morgan fingerprint density at radius 2 is 2.21 bits per heavy atom. The van der Waals surface area contributed by atoms with Gasteiger partial charge in [0, 0.05) is 30.6 Å². The number of aryl methyl sites for hydroxylation is 2. The Labute approximate surface area is 111 Å². The number of hydrogen-bond acceptors (Lipinski definition) is 4. The number of hydrogen-bond donors (Lipinski definition) is 1. The van der Waals surface area contributed by atoms with Gasteiger partial charge >= 0.3 is 0 Å². The van der Waals surface area contributed by atoms with E-state index in [0.29, 0.717) is 13.0 Å². The van der Waals surface area contributed by atoms with Crippen molar-refractivity contribution in [3.05, 3.63) is 51.8 Å². The van der Waals surface area contributed by atoms with Gasteiger partial charge in [0.15, 0.2) is 0 Å². The van der Waals surface area contributed by atoms with Crippen LogP contribution < -0.4 is 5.32 Å². The zero-order valence-corrected chi connectivity index (χ0v) is 11.0. The maximum Gasteiger partial charge on any atom is 0.274 e. The van der Waals surface area contributed by atoms with Crippen LogP contribution in [0.1, 0.15) is 18.2 Å². The van der Waals surface area contributed by atoms with E-state index >= 15 is 0 Å². The fourth-order valence-electron chi connectivity index (χ4n) is 1.91. The molecule has 0 aliphatic heterocycles. The predicted molar refractivity (Wildman–Crippen MR) is 73.0 cm³/mol. The lowest BCUT2D eigenvalue weighted by molar-refractivity contribution is -0.385. The van der Waals surface area contributed by atoms with Crippen molar-refractivity contribution in [2.24, 2.45) is 7.05 Å². The lowest BCUT2D eigenvalue weighted by Crippen LogP contribution is -2.06. The van der Waals surface area contributed by atoms with Gasteiger partial charge in [-0.3, -0.25) is 14.8 Å². The average Bonchev–Trinajstić information content (AvgIpc) is 2.81. The third-order valence-electron chi connectivity index (χ3n) is 3.06. The minimum atomic E-state index is -0.339. The van der Waals surface area contributed by atoms with E-state index in [0.717, 1.165) is 16.9 Å². The van der Waals surface area contributed by atoms with Crippen molar-refractivity contribution in [1.82, 2.24) is 9.78 Å². The normalized spacial score (nSPS) is 10.4. The summed E-state index contributed by atoms with van der Waals surface area (Å²) in [7, 11) is 1.86. The highest BCUT2D eigenvalue weighted by Crippen LogP contribution is 2.23. The molecule has 2 rings (SSSR count). The molecule has 0 spiro atoms. The van der Waals surface area contributed by atoms with Crippen LogP contribution in [0.15, 0.2) is 30.5 Å². The van der Waals surface area contributed by atoms with Gasteiger partial charge in [-0.05, 0) is 18.6 Å². The Kier molecular flexibility index (Phi) is 3.79. The molecule has 100 valence electrons. The molecule has 2 aromatic rings. The molecule has 1 aromatic carbocycles. The van der Waals surface area contributed by atoms with Gasteiger partial charge < -0.3 is 5.32 Å². The maximum absolute atomic E-state index is 11.0. The van der Waals surface area contributed by atoms with Gasteiger partial charge in [0.2, 0.25) is 0 Å². The summed E-state index contributed by atoms with van der Waals surface area (Å²) in [5, 5.41) is 18.2. The zero-order chi connectivity index (χ0) is 13.8. The SMILES string of the molecule is CCc1ccc(NCc2ccnn2C)cc1[N+](=O)[O-]. The fraction of sp³-hybridized carbons (Fsp3) is 0.308. The number of nitrogens with zero attached hydrogens (tertiary/aromatic N) is 3. The number of benzene rings is 1. The Hall–Kier alpha value is -2.37. The van der Waals surface area contributed by atoms with E-state index in [-0.39, 0.29) is 10.6 Å². The first-order valence-corrected chi connectivity index (χ1v) is 6.10. The molecule has 6 nitrogen and oxygen atoms in total. The molecule has 0 unspecified atom stereocenters. The van der Waals surface area contributed by atoms with Crippen molar-refractivity contribution in [3.63, 3.8) is 0 Å². The van der Waals surface area contributed by atoms with E-state index < -0.39 is 0 Å². The Morgan fingerprint density at radius 1 is 1.42 bits per heavy atom. The van der Waals surface area contributed by atoms with E-state index in [1.54, 1.807) is 23.0 Å². The quantitative estimate of drug-likeness (QED) is 0.662. The van der Waals surface area contributed by atoms with Crippen LogP contribution in [-0.4, -0.2) is 14.7 Å². The highest BCUT2D eigenvalue weighted by Gasteiger charge is 2.12. The molecule has 0 atom stereocenters. The molecule has 6 heteroatoms. The van der Waals surface area contributed by atoms with Crippen LogP contribution in [0.25, 0.3) is 0 Å². The standard InChI is InChI=1S/C13H16N4O2/c1-3-10-4-5-11(8-13(10)17(18)19)14-9-12-6-7-15-16(12)2/h4-8,14H,3,9H2,1-2H3. The lowest BCUT2D eigenvalue weighted by atomic mass is 10.1. The molecule has 0 aliphatic rings. The highest BCUT2D eigenvalue weighted by atomic mass is 16.6. The second-order valence-corrected chi connectivity index (χ2v) is 4.25. The average molecular weight is 260 g/mol. The van der Waals surface area contributed by atoms with Crippen LogP contribution in [0.5, 0.6) is 0 Å². The van der Waals surface area contributed by atoms with Gasteiger partial charge in [-0.1, -0.05) is 13.0 Å². The first-order chi connectivity index (χ1) is 9.11. The third-order valence-corrected chi connectivity index (χ3v) is 3.06. The summed E-state index contributed by atoms with van der Waals surface area (Å²) in [6.45, 7) is 2.49. The monoisotopic (exact) mass is 260 g/mol. The fourth-order valence-corrected chi connectivity index (χ4v) is 1.91. The van der Waals surface area contributed by atoms with Gasteiger partial charge in [0.1, 0.15) is 0 Å². The molecule has 1 heterocycles. The summed E-state index contributed by atoms with van der Waals surface area (Å²) in [5.74, 6) is 0. The molecule has 0 aliphatic carbocycles. The summed E-state index contributed by atoms with van der Waals surface area (Å²) >= 11 is 0. The second kappa shape index (κ2) is 5.51. The number of rotatable bonds is 5. The highest BCUT2D eigenvalue weighted by molar-refractivity contribution is 5.55. The number of anilines is 1. The molecule has 0 radical (unpaired) electrons. The van der Waals surface area contributed by atoms with E-state index in [9.17, 15) is 10.1 Å². The van der Waals surface area contributed by atoms with Gasteiger partial charge in [0.05, 0.1) is 17.2 Å². The summed E-state index contributed by atoms with van der Waals surface area (Å²) < 4.78 is 1.77. The smallest absolute Gasteiger partial charge is 0.274 e. The third kappa shape index (κ3) is 2.90. The van der Waals surface area contributed by atoms with Gasteiger partial charge in [0.25, 0.3) is 5.69 Å². The van der Waals surface area contributed by atoms with Crippen molar-refractivity contribution in [2.45, 2.75) is 19.9 Å². The molecular formula is C13H16N4O2. The Bertz CT molecular complexity index is 592. The predicted octanol–water partition coefficient (Wildman–Crippen LogP) is 2.50. The van der Waals surface area contributed by atoms with Crippen molar-refractivity contribution in [2.75, 3.05) is 5.32 Å². The van der Waals surface area contributed by atoms with Crippen LogP contribution in [-0.2, 0) is 20.0 Å². The summed E-state index contributed by atoms with van der Waals surface area (Å²) in [4.78, 5) is 10.6. The van der Waals surface area contributed by atoms with E-state index in [1.165, 1.54) is 0 Å². The minimum absolute atomic E-state index is 0.164. The first-order valence-electron chi connectivity index (χ1n) is 6.10. The molecule has 0 saturated carbocycles. The Morgan fingerprint density at radius 3 is 2.79 bits per heavy atom. The van der Waals surface area contributed by atoms with E-state index in [1.807, 2.05) is 26.1 Å². The Balaban J connectivity index is 2.15. The van der Waals surface area contributed by atoms with Gasteiger partial charge in [-0.15, -0.1) is 0 Å². The molecule has 1 aromatic heterocycles. The number of nitro groups is 1. The summed E-state index contributed by atoms with van der Waals surface area (Å²) in [6, 6.07) is 7.14. The van der Waals surface area contributed by atoms with Crippen molar-refractivity contribution in [3.8, 4) is 0 Å². The minimum Gasteiger partial charge on any atom is -0.379 e. The number of nitrogens with one attached hydrogen (secondary N) is 1. The van der Waals surface area contributed by atoms with Crippen LogP contribution >= 0.6 is 0 Å². The lowest BCUT2D eigenvalue weighted by Gasteiger charge is -2.08. The summed E-state index contributed by atoms with van der Waals surface area (Å²) in [6.07, 6.45) is 2.37. The molecule has 1 N–H and O–H groups in total. The van der Waals surface area contributed by atoms with E-state index in [2.05, 4.69) is 10.4 Å². The first kappa shape index (κ1) is 13.1. The molecule has 19 heavy (non-hydrogen) atoms. The van der Waals surface area contributed by atoms with Crippen molar-refractivity contribution in [1.29, 1.82) is 0 Å². The molecule has 0 saturated heterocycles. The van der Waals surface area contributed by atoms with Gasteiger partial charge in [-0.25, -0.2) is 0 Å². The molecule has 0 amide bonds. The topological polar surface area (TPSA) is 73.0 Å². The van der Waals surface area contributed by atoms with Crippen molar-refractivity contribution < 1.29 is 4.92 Å². The molecule has 0 bridgehead atoms. The van der Waals surface area contributed by atoms with Gasteiger partial charge in [-0.2, -0.15) is 5.10 Å². The number of aromatic nitrogens is 2. The largest absolute Gasteiger partial charge is 0.379 e. The zero-order valence-electron chi connectivity index (χ0n) is 11.0. The van der Waals surface area contributed by atoms with E-state index in [4.69, 9.17) is 0 Å². The number of nitro benzene ring substituents is 1. The van der Waals surface area contributed by atoms with Crippen LogP contribution in [0.4, 0.5) is 11.4 Å². The second-order valence-electron chi connectivity index (χ2n) is 4.25. The van der Waals surface area contributed by atoms with Crippen molar-refractivity contribution >= 4 is 11.4 Å². The maximum atomic E-state index is 11.0. The van der Waals surface area contributed by atoms with Crippen LogP contribution in [0, 0.1) is 10.1 Å². The van der Waals surface area contributed by atoms with Crippen LogP contribution in [0.2, 0.25) is 0 Å². The summed E-state index contributed by atoms with van der Waals surface area (Å²) in [5.41, 5.74) is 2.67. The molecular weight excluding hydrogens is 244 g/mol.